The Morgan fingerprint density at radius 2 is 1.90 bits per heavy atom. The summed E-state index contributed by atoms with van der Waals surface area (Å²) in [5.74, 6) is 0.212. The highest BCUT2D eigenvalue weighted by Gasteiger charge is 2.35. The fourth-order valence-electron chi connectivity index (χ4n) is 3.78. The van der Waals surface area contributed by atoms with Gasteiger partial charge in [0.2, 0.25) is 0 Å². The van der Waals surface area contributed by atoms with Gasteiger partial charge in [0.25, 0.3) is 5.91 Å². The Morgan fingerprint density at radius 1 is 1.17 bits per heavy atom. The monoisotopic (exact) mass is 410 g/mol. The van der Waals surface area contributed by atoms with Crippen molar-refractivity contribution in [1.82, 2.24) is 10.5 Å². The number of rotatable bonds is 6. The Balaban J connectivity index is 1.50. The predicted octanol–water partition coefficient (Wildman–Crippen LogP) is 3.97. The number of amides is 1. The van der Waals surface area contributed by atoms with E-state index in [-0.39, 0.29) is 28.3 Å². The molecule has 1 saturated heterocycles. The minimum Gasteiger partial charge on any atom is -0.497 e. The molecule has 1 aliphatic heterocycles. The van der Waals surface area contributed by atoms with Crippen LogP contribution in [0.4, 0.5) is 4.39 Å². The third-order valence-corrected chi connectivity index (χ3v) is 5.62. The van der Waals surface area contributed by atoms with E-state index in [1.807, 2.05) is 24.3 Å². The maximum atomic E-state index is 14.0. The van der Waals surface area contributed by atoms with Gasteiger partial charge < -0.3 is 19.3 Å². The first-order valence-corrected chi connectivity index (χ1v) is 9.83. The van der Waals surface area contributed by atoms with Crippen LogP contribution < -0.4 is 10.1 Å². The molecule has 7 heteroatoms. The number of ether oxygens (including phenoxy) is 2. The molecule has 6 nitrogen and oxygen atoms in total. The van der Waals surface area contributed by atoms with Crippen molar-refractivity contribution >= 4 is 5.91 Å². The van der Waals surface area contributed by atoms with Gasteiger partial charge in [-0.25, -0.2) is 4.39 Å². The smallest absolute Gasteiger partial charge is 0.273 e. The second-order valence-electron chi connectivity index (χ2n) is 7.36. The lowest BCUT2D eigenvalue weighted by Crippen LogP contribution is -2.44. The van der Waals surface area contributed by atoms with Crippen LogP contribution in [0.15, 0.2) is 59.1 Å². The summed E-state index contributed by atoms with van der Waals surface area (Å²) < 4.78 is 30.0. The number of carbonyl (C=O) groups is 1. The topological polar surface area (TPSA) is 73.6 Å². The van der Waals surface area contributed by atoms with Crippen molar-refractivity contribution in [2.24, 2.45) is 0 Å². The van der Waals surface area contributed by atoms with Gasteiger partial charge in [-0.15, -0.1) is 0 Å². The first kappa shape index (κ1) is 20.1. The van der Waals surface area contributed by atoms with Crippen LogP contribution in [0.5, 0.6) is 5.75 Å². The first-order valence-electron chi connectivity index (χ1n) is 9.83. The van der Waals surface area contributed by atoms with E-state index in [9.17, 15) is 9.18 Å². The fraction of sp³-hybridized carbons (Fsp3) is 0.304. The van der Waals surface area contributed by atoms with E-state index in [1.54, 1.807) is 25.3 Å². The number of nitrogens with one attached hydrogen (secondary N) is 1. The van der Waals surface area contributed by atoms with E-state index >= 15 is 0 Å². The maximum absolute atomic E-state index is 14.0. The van der Waals surface area contributed by atoms with Crippen LogP contribution in [-0.2, 0) is 10.2 Å². The first-order chi connectivity index (χ1) is 14.6. The van der Waals surface area contributed by atoms with Gasteiger partial charge in [-0.05, 0) is 42.7 Å². The standard InChI is InChI=1S/C23H23FN2O4/c1-28-17-8-6-16(7-9-17)23(10-12-29-13-11-23)15-25-22(27)20-14-21(30-26-20)18-4-2-3-5-19(18)24/h2-9,14H,10-13,15H2,1H3,(H,25,27). The summed E-state index contributed by atoms with van der Waals surface area (Å²) in [4.78, 5) is 12.7. The molecule has 0 saturated carbocycles. The van der Waals surface area contributed by atoms with Crippen LogP contribution in [0.1, 0.15) is 28.9 Å². The Morgan fingerprint density at radius 3 is 2.60 bits per heavy atom. The second-order valence-corrected chi connectivity index (χ2v) is 7.36. The van der Waals surface area contributed by atoms with Gasteiger partial charge in [-0.2, -0.15) is 0 Å². The lowest BCUT2D eigenvalue weighted by molar-refractivity contribution is 0.0486. The van der Waals surface area contributed by atoms with Crippen LogP contribution in [0.3, 0.4) is 0 Å². The quantitative estimate of drug-likeness (QED) is 0.666. The molecule has 1 aromatic heterocycles. The zero-order valence-electron chi connectivity index (χ0n) is 16.7. The number of hydrogen-bond donors (Lipinski definition) is 1. The van der Waals surface area contributed by atoms with Gasteiger partial charge in [0.1, 0.15) is 11.6 Å². The van der Waals surface area contributed by atoms with Crippen molar-refractivity contribution < 1.29 is 23.2 Å². The third kappa shape index (κ3) is 4.07. The van der Waals surface area contributed by atoms with Gasteiger partial charge in [-0.1, -0.05) is 29.4 Å². The van der Waals surface area contributed by atoms with Gasteiger partial charge in [0.05, 0.1) is 12.7 Å². The molecule has 30 heavy (non-hydrogen) atoms. The van der Waals surface area contributed by atoms with E-state index in [1.165, 1.54) is 12.1 Å². The highest BCUT2D eigenvalue weighted by atomic mass is 19.1. The predicted molar refractivity (Wildman–Crippen MR) is 109 cm³/mol. The van der Waals surface area contributed by atoms with Crippen LogP contribution in [-0.4, -0.2) is 37.9 Å². The van der Waals surface area contributed by atoms with Gasteiger partial charge >= 0.3 is 0 Å². The molecular weight excluding hydrogens is 387 g/mol. The number of halogens is 1. The average Bonchev–Trinajstić information content (AvgIpc) is 3.29. The Kier molecular flexibility index (Phi) is 5.81. The van der Waals surface area contributed by atoms with Crippen molar-refractivity contribution in [2.75, 3.05) is 26.9 Å². The lowest BCUT2D eigenvalue weighted by atomic mass is 9.74. The highest BCUT2D eigenvalue weighted by Crippen LogP contribution is 2.35. The SMILES string of the molecule is COc1ccc(C2(CNC(=O)c3cc(-c4ccccc4F)on3)CCOCC2)cc1. The Labute approximate surface area is 174 Å². The normalized spacial score (nSPS) is 15.5. The van der Waals surface area contributed by atoms with Crippen molar-refractivity contribution in [3.8, 4) is 17.1 Å². The van der Waals surface area contributed by atoms with Gasteiger partial charge in [0.15, 0.2) is 11.5 Å². The Bertz CT molecular complexity index is 1010. The molecule has 0 radical (unpaired) electrons. The third-order valence-electron chi connectivity index (χ3n) is 5.62. The summed E-state index contributed by atoms with van der Waals surface area (Å²) in [6.45, 7) is 1.69. The molecule has 2 heterocycles. The number of methoxy groups -OCH3 is 1. The summed E-state index contributed by atoms with van der Waals surface area (Å²) in [5, 5.41) is 6.79. The molecule has 0 unspecified atom stereocenters. The lowest BCUT2D eigenvalue weighted by Gasteiger charge is -2.38. The van der Waals surface area contributed by atoms with Gasteiger partial charge in [-0.3, -0.25) is 4.79 Å². The molecule has 156 valence electrons. The van der Waals surface area contributed by atoms with E-state index in [0.717, 1.165) is 24.2 Å². The molecule has 0 atom stereocenters. The molecule has 1 N–H and O–H groups in total. The fourth-order valence-corrected chi connectivity index (χ4v) is 3.78. The zero-order chi connectivity index (χ0) is 21.0. The van der Waals surface area contributed by atoms with Gasteiger partial charge in [0, 0.05) is 31.2 Å². The molecule has 1 fully saturated rings. The molecule has 2 aromatic carbocycles. The largest absolute Gasteiger partial charge is 0.497 e. The molecule has 1 amide bonds. The second kappa shape index (κ2) is 8.67. The maximum Gasteiger partial charge on any atom is 0.273 e. The summed E-state index contributed by atoms with van der Waals surface area (Å²) in [7, 11) is 1.63. The molecule has 1 aliphatic rings. The Hall–Kier alpha value is -3.19. The summed E-state index contributed by atoms with van der Waals surface area (Å²) in [5.41, 5.74) is 1.27. The van der Waals surface area contributed by atoms with Crippen molar-refractivity contribution in [2.45, 2.75) is 18.3 Å². The van der Waals surface area contributed by atoms with Crippen molar-refractivity contribution in [1.29, 1.82) is 0 Å². The summed E-state index contributed by atoms with van der Waals surface area (Å²) in [6.07, 6.45) is 1.58. The average molecular weight is 410 g/mol. The van der Waals surface area contributed by atoms with E-state index < -0.39 is 5.82 Å². The number of carbonyl (C=O) groups excluding carboxylic acids is 1. The molecule has 4 rings (SSSR count). The molecule has 3 aromatic rings. The zero-order valence-corrected chi connectivity index (χ0v) is 16.7. The number of aromatic nitrogens is 1. The van der Waals surface area contributed by atoms with Crippen LogP contribution in [0, 0.1) is 5.82 Å². The van der Waals surface area contributed by atoms with E-state index in [4.69, 9.17) is 14.0 Å². The summed E-state index contributed by atoms with van der Waals surface area (Å²) in [6, 6.07) is 15.6. The van der Waals surface area contributed by atoms with Crippen molar-refractivity contribution in [3.63, 3.8) is 0 Å². The van der Waals surface area contributed by atoms with Crippen LogP contribution in [0.25, 0.3) is 11.3 Å². The van der Waals surface area contributed by atoms with E-state index in [2.05, 4.69) is 10.5 Å². The number of nitrogens with zero attached hydrogens (tertiary/aromatic N) is 1. The van der Waals surface area contributed by atoms with Crippen LogP contribution >= 0.6 is 0 Å². The van der Waals surface area contributed by atoms with Crippen LogP contribution in [0.2, 0.25) is 0 Å². The number of benzene rings is 2. The van der Waals surface area contributed by atoms with E-state index in [0.29, 0.717) is 19.8 Å². The minimum atomic E-state index is -0.429. The minimum absolute atomic E-state index is 0.116. The molecule has 0 bridgehead atoms. The molecular formula is C23H23FN2O4. The van der Waals surface area contributed by atoms with Crippen molar-refractivity contribution in [3.05, 3.63) is 71.7 Å². The molecule has 0 aliphatic carbocycles. The molecule has 0 spiro atoms. The summed E-state index contributed by atoms with van der Waals surface area (Å²) >= 11 is 0. The number of hydrogen-bond acceptors (Lipinski definition) is 5. The highest BCUT2D eigenvalue weighted by molar-refractivity contribution is 5.93.